The molecule has 0 unspecified atom stereocenters. The Kier molecular flexibility index (Phi) is 7.49. The molecule has 1 aromatic heterocycles. The average Bonchev–Trinajstić information content (AvgIpc) is 3.39. The number of amides is 1. The minimum absolute atomic E-state index is 0.110. The Balaban J connectivity index is 1.34. The van der Waals surface area contributed by atoms with Crippen molar-refractivity contribution >= 4 is 28.4 Å². The summed E-state index contributed by atoms with van der Waals surface area (Å²) in [6, 6.07) is 13.1. The van der Waals surface area contributed by atoms with Crippen LogP contribution in [0.5, 0.6) is 6.01 Å². The lowest BCUT2D eigenvalue weighted by molar-refractivity contribution is 0.119. The number of carbonyl (C=O) groups is 1. The molecule has 0 saturated carbocycles. The highest BCUT2D eigenvalue weighted by atomic mass is 19.1. The summed E-state index contributed by atoms with van der Waals surface area (Å²) in [5.41, 5.74) is 2.81. The summed E-state index contributed by atoms with van der Waals surface area (Å²) in [6.45, 7) is 3.87. The summed E-state index contributed by atoms with van der Waals surface area (Å²) in [6.07, 6.45) is 1.96. The molecule has 3 aliphatic heterocycles. The molecule has 1 amide bonds. The van der Waals surface area contributed by atoms with Crippen molar-refractivity contribution in [2.75, 3.05) is 56.2 Å². The number of carboxylic acid groups (broad SMARTS) is 1. The van der Waals surface area contributed by atoms with E-state index in [2.05, 4.69) is 27.8 Å². The number of ether oxygens (including phenoxy) is 1. The van der Waals surface area contributed by atoms with Crippen molar-refractivity contribution in [1.82, 2.24) is 19.8 Å². The van der Waals surface area contributed by atoms with Gasteiger partial charge in [0.25, 0.3) is 0 Å². The number of fused-ring (bicyclic) bond motifs is 2. The van der Waals surface area contributed by atoms with E-state index in [1.165, 1.54) is 11.0 Å². The summed E-state index contributed by atoms with van der Waals surface area (Å²) in [7, 11) is 2.10. The fourth-order valence-electron chi connectivity index (χ4n) is 6.36. The molecule has 0 radical (unpaired) electrons. The number of likely N-dealkylation sites (N-methyl/N-ethyl adjacent to an activating group) is 1. The lowest BCUT2D eigenvalue weighted by Gasteiger charge is -2.41. The van der Waals surface area contributed by atoms with E-state index in [0.717, 1.165) is 52.9 Å². The van der Waals surface area contributed by atoms with Crippen LogP contribution in [-0.4, -0.2) is 89.4 Å². The van der Waals surface area contributed by atoms with Gasteiger partial charge in [0.05, 0.1) is 30.8 Å². The number of aromatic nitrogens is 2. The van der Waals surface area contributed by atoms with Gasteiger partial charge in [-0.15, -0.1) is 0 Å². The van der Waals surface area contributed by atoms with E-state index in [4.69, 9.17) is 14.7 Å². The number of anilines is 2. The number of nitrogens with zero attached hydrogens (tertiary/aromatic N) is 7. The summed E-state index contributed by atoms with van der Waals surface area (Å²) in [5.74, 6) is 0.480. The molecule has 2 aromatic carbocycles. The molecule has 2 saturated heterocycles. The maximum Gasteiger partial charge on any atom is 0.407 e. The van der Waals surface area contributed by atoms with E-state index in [1.807, 2.05) is 18.2 Å². The summed E-state index contributed by atoms with van der Waals surface area (Å²) < 4.78 is 20.4. The average molecular weight is 560 g/mol. The van der Waals surface area contributed by atoms with Gasteiger partial charge in [-0.2, -0.15) is 15.2 Å². The van der Waals surface area contributed by atoms with Crippen LogP contribution in [0.3, 0.4) is 0 Å². The minimum Gasteiger partial charge on any atom is -0.465 e. The first-order valence-corrected chi connectivity index (χ1v) is 14.2. The fourth-order valence-corrected chi connectivity index (χ4v) is 6.36. The van der Waals surface area contributed by atoms with Gasteiger partial charge in [0, 0.05) is 48.9 Å². The van der Waals surface area contributed by atoms with E-state index < -0.39 is 12.1 Å². The zero-order valence-corrected chi connectivity index (χ0v) is 23.2. The van der Waals surface area contributed by atoms with Gasteiger partial charge in [-0.1, -0.05) is 18.2 Å². The van der Waals surface area contributed by atoms with Gasteiger partial charge in [-0.05, 0) is 56.4 Å². The molecule has 3 aliphatic rings. The van der Waals surface area contributed by atoms with Crippen molar-refractivity contribution in [2.45, 2.75) is 44.3 Å². The quantitative estimate of drug-likeness (QED) is 0.481. The molecule has 41 heavy (non-hydrogen) atoms. The number of hydrogen-bond donors (Lipinski definition) is 1. The summed E-state index contributed by atoms with van der Waals surface area (Å²) in [4.78, 5) is 29.5. The molecule has 0 bridgehead atoms. The van der Waals surface area contributed by atoms with Crippen LogP contribution in [-0.2, 0) is 13.0 Å². The second kappa shape index (κ2) is 11.4. The van der Waals surface area contributed by atoms with Gasteiger partial charge in [0.2, 0.25) is 0 Å². The van der Waals surface area contributed by atoms with E-state index >= 15 is 0 Å². The molecule has 11 heteroatoms. The smallest absolute Gasteiger partial charge is 0.407 e. The van der Waals surface area contributed by atoms with Crippen LogP contribution in [0.1, 0.15) is 30.5 Å². The Hall–Kier alpha value is -4.17. The third-order valence-electron chi connectivity index (χ3n) is 8.62. The van der Waals surface area contributed by atoms with Gasteiger partial charge >= 0.3 is 12.1 Å². The van der Waals surface area contributed by atoms with E-state index in [9.17, 15) is 19.6 Å². The molecule has 214 valence electrons. The third-order valence-corrected chi connectivity index (χ3v) is 8.62. The molecule has 2 atom stereocenters. The van der Waals surface area contributed by atoms with Gasteiger partial charge in [0.1, 0.15) is 18.2 Å². The molecule has 0 spiro atoms. The van der Waals surface area contributed by atoms with Crippen LogP contribution in [0, 0.1) is 17.1 Å². The SMILES string of the molecule is CN1CCC[C@H]1COc1nc2c(c(N3CCN(C(=O)O)[C@@H](CC#N)C3)n1)CCN(c1cccc3ccc(F)cc13)C2. The lowest BCUT2D eigenvalue weighted by Crippen LogP contribution is -2.55. The number of rotatable bonds is 6. The highest BCUT2D eigenvalue weighted by Gasteiger charge is 2.34. The monoisotopic (exact) mass is 559 g/mol. The van der Waals surface area contributed by atoms with Crippen molar-refractivity contribution in [3.05, 3.63) is 53.5 Å². The van der Waals surface area contributed by atoms with Crippen LogP contribution in [0.15, 0.2) is 36.4 Å². The predicted octanol–water partition coefficient (Wildman–Crippen LogP) is 3.89. The molecule has 3 aromatic rings. The number of benzene rings is 2. The molecular formula is C30H34FN7O3. The largest absolute Gasteiger partial charge is 0.465 e. The zero-order valence-electron chi connectivity index (χ0n) is 23.2. The van der Waals surface area contributed by atoms with Crippen LogP contribution >= 0.6 is 0 Å². The van der Waals surface area contributed by atoms with E-state index in [0.29, 0.717) is 51.3 Å². The van der Waals surface area contributed by atoms with Crippen LogP contribution in [0.25, 0.3) is 10.8 Å². The Morgan fingerprint density at radius 3 is 2.80 bits per heavy atom. The molecular weight excluding hydrogens is 525 g/mol. The molecule has 6 rings (SSSR count). The standard InChI is InChI=1S/C30H34FN7O3/c1-35-12-3-5-23(35)19-41-29-33-26-18-36(27-6-2-4-20-7-8-21(31)16-25(20)27)13-10-24(26)28(34-29)37-14-15-38(30(39)40)22(17-37)9-11-32/h2,4,6-8,16,22-23H,3,5,9-10,12-15,17-19H2,1H3,(H,39,40)/t22-,23-/m0/s1. The Bertz CT molecular complexity index is 1490. The van der Waals surface area contributed by atoms with Crippen LogP contribution < -0.4 is 14.5 Å². The Morgan fingerprint density at radius 2 is 2.02 bits per heavy atom. The molecule has 2 fully saturated rings. The molecule has 1 N–H and O–H groups in total. The second-order valence-electron chi connectivity index (χ2n) is 11.1. The van der Waals surface area contributed by atoms with Gasteiger partial charge in [0.15, 0.2) is 0 Å². The highest BCUT2D eigenvalue weighted by Crippen LogP contribution is 2.35. The van der Waals surface area contributed by atoms with E-state index in [-0.39, 0.29) is 18.8 Å². The first-order chi connectivity index (χ1) is 19.9. The minimum atomic E-state index is -1.01. The number of likely N-dealkylation sites (tertiary alicyclic amines) is 1. The first kappa shape index (κ1) is 27.0. The topological polar surface area (TPSA) is 109 Å². The van der Waals surface area contributed by atoms with Crippen molar-refractivity contribution in [2.24, 2.45) is 0 Å². The number of nitriles is 1. The number of piperazine rings is 1. The fraction of sp³-hybridized carbons (Fsp3) is 0.467. The Morgan fingerprint density at radius 1 is 1.15 bits per heavy atom. The second-order valence-corrected chi connectivity index (χ2v) is 11.1. The van der Waals surface area contributed by atoms with Crippen molar-refractivity contribution in [1.29, 1.82) is 5.26 Å². The molecule has 10 nitrogen and oxygen atoms in total. The molecule has 0 aliphatic carbocycles. The van der Waals surface area contributed by atoms with E-state index in [1.54, 1.807) is 12.1 Å². The van der Waals surface area contributed by atoms with Crippen molar-refractivity contribution in [3.63, 3.8) is 0 Å². The normalized spacial score (nSPS) is 21.1. The van der Waals surface area contributed by atoms with Crippen molar-refractivity contribution < 1.29 is 19.0 Å². The van der Waals surface area contributed by atoms with Crippen LogP contribution in [0.4, 0.5) is 20.7 Å². The van der Waals surface area contributed by atoms with Crippen LogP contribution in [0.2, 0.25) is 0 Å². The summed E-state index contributed by atoms with van der Waals surface area (Å²) in [5, 5.41) is 20.9. The Labute approximate surface area is 238 Å². The van der Waals surface area contributed by atoms with Crippen molar-refractivity contribution in [3.8, 4) is 12.1 Å². The maximum atomic E-state index is 14.2. The predicted molar refractivity (Wildman–Crippen MR) is 153 cm³/mol. The van der Waals surface area contributed by atoms with Gasteiger partial charge < -0.3 is 29.4 Å². The van der Waals surface area contributed by atoms with Gasteiger partial charge in [-0.3, -0.25) is 0 Å². The van der Waals surface area contributed by atoms with Gasteiger partial charge in [-0.25, -0.2) is 9.18 Å². The third kappa shape index (κ3) is 5.44. The maximum absolute atomic E-state index is 14.2. The highest BCUT2D eigenvalue weighted by molar-refractivity contribution is 5.94. The number of halogens is 1. The first-order valence-electron chi connectivity index (χ1n) is 14.2. The lowest BCUT2D eigenvalue weighted by atomic mass is 10.0. The number of hydrogen-bond acceptors (Lipinski definition) is 8. The zero-order chi connectivity index (χ0) is 28.5. The summed E-state index contributed by atoms with van der Waals surface area (Å²) >= 11 is 0. The molecule has 4 heterocycles.